The quantitative estimate of drug-likeness (QED) is 0.705. The van der Waals surface area contributed by atoms with Gasteiger partial charge in [0.15, 0.2) is 5.13 Å². The summed E-state index contributed by atoms with van der Waals surface area (Å²) in [5.41, 5.74) is 0. The summed E-state index contributed by atoms with van der Waals surface area (Å²) in [6.45, 7) is 0. The summed E-state index contributed by atoms with van der Waals surface area (Å²) >= 11 is 1.78. The van der Waals surface area contributed by atoms with Gasteiger partial charge in [-0.05, 0) is 18.8 Å². The molecule has 1 fully saturated rings. The van der Waals surface area contributed by atoms with Crippen LogP contribution in [0.3, 0.4) is 0 Å². The lowest BCUT2D eigenvalue weighted by atomic mass is 10.4. The molecular weight excluding hydrogens is 144 g/mol. The van der Waals surface area contributed by atoms with E-state index in [9.17, 15) is 0 Å². The first-order valence-electron chi connectivity index (χ1n) is 3.53. The number of nitrogens with zero attached hydrogens (tertiary/aromatic N) is 1. The molecule has 1 heterocycles. The molecular formula is C7H10N2S. The van der Waals surface area contributed by atoms with Crippen LogP contribution in [0, 0.1) is 0 Å². The smallest absolute Gasteiger partial charge is 0.182 e. The molecule has 0 aromatic carbocycles. The van der Waals surface area contributed by atoms with Crippen molar-refractivity contribution < 1.29 is 0 Å². The van der Waals surface area contributed by atoms with Gasteiger partial charge in [-0.1, -0.05) is 0 Å². The van der Waals surface area contributed by atoms with Crippen molar-refractivity contribution >= 4 is 16.5 Å². The summed E-state index contributed by atoms with van der Waals surface area (Å²) < 4.78 is 0. The van der Waals surface area contributed by atoms with E-state index in [1.54, 1.807) is 11.3 Å². The van der Waals surface area contributed by atoms with Crippen molar-refractivity contribution in [2.24, 2.45) is 0 Å². The first-order valence-corrected chi connectivity index (χ1v) is 4.35. The number of rotatable bonds is 2. The zero-order valence-electron chi connectivity index (χ0n) is 5.92. The van der Waals surface area contributed by atoms with Gasteiger partial charge in [-0.3, -0.25) is 0 Å². The molecule has 0 bridgehead atoms. The second kappa shape index (κ2) is 2.23. The Morgan fingerprint density at radius 3 is 3.00 bits per heavy atom. The molecule has 1 aliphatic carbocycles. The highest BCUT2D eigenvalue weighted by molar-refractivity contribution is 7.15. The molecule has 2 rings (SSSR count). The minimum absolute atomic E-state index is 0.847. The van der Waals surface area contributed by atoms with E-state index in [0.29, 0.717) is 0 Å². The first-order chi connectivity index (χ1) is 4.90. The van der Waals surface area contributed by atoms with Crippen LogP contribution in [-0.2, 0) is 0 Å². The molecule has 1 N–H and O–H groups in total. The van der Waals surface area contributed by atoms with Crippen molar-refractivity contribution in [2.45, 2.75) is 18.8 Å². The number of aromatic nitrogens is 1. The van der Waals surface area contributed by atoms with Gasteiger partial charge >= 0.3 is 0 Å². The highest BCUT2D eigenvalue weighted by atomic mass is 32.1. The van der Waals surface area contributed by atoms with E-state index in [0.717, 1.165) is 11.0 Å². The van der Waals surface area contributed by atoms with Gasteiger partial charge in [-0.15, -0.1) is 11.3 Å². The van der Waals surface area contributed by atoms with Gasteiger partial charge in [-0.25, -0.2) is 4.98 Å². The summed E-state index contributed by atoms with van der Waals surface area (Å²) in [6, 6.07) is 0. The predicted octanol–water partition coefficient (Wildman–Crippen LogP) is 2.06. The predicted molar refractivity (Wildman–Crippen MR) is 43.6 cm³/mol. The number of nitrogens with one attached hydrogen (secondary N) is 1. The van der Waals surface area contributed by atoms with Crippen molar-refractivity contribution in [2.75, 3.05) is 12.4 Å². The van der Waals surface area contributed by atoms with Crippen LogP contribution in [0.4, 0.5) is 5.13 Å². The van der Waals surface area contributed by atoms with Crippen LogP contribution in [0.2, 0.25) is 0 Å². The fourth-order valence-corrected chi connectivity index (χ4v) is 1.90. The highest BCUT2D eigenvalue weighted by Crippen LogP contribution is 2.43. The van der Waals surface area contributed by atoms with Gasteiger partial charge in [0.1, 0.15) is 0 Å². The molecule has 0 atom stereocenters. The van der Waals surface area contributed by atoms with E-state index in [-0.39, 0.29) is 0 Å². The molecule has 0 amide bonds. The van der Waals surface area contributed by atoms with Crippen LogP contribution in [0.5, 0.6) is 0 Å². The second-order valence-electron chi connectivity index (χ2n) is 2.59. The molecule has 1 aliphatic rings. The topological polar surface area (TPSA) is 24.9 Å². The second-order valence-corrected chi connectivity index (χ2v) is 3.65. The van der Waals surface area contributed by atoms with Crippen LogP contribution in [0.25, 0.3) is 0 Å². The lowest BCUT2D eigenvalue weighted by Gasteiger charge is -1.87. The Balaban J connectivity index is 2.19. The summed E-state index contributed by atoms with van der Waals surface area (Å²) in [5.74, 6) is 0.847. The van der Waals surface area contributed by atoms with Crippen LogP contribution in [0.1, 0.15) is 23.6 Å². The fourth-order valence-electron chi connectivity index (χ4n) is 0.959. The van der Waals surface area contributed by atoms with Gasteiger partial charge in [0.25, 0.3) is 0 Å². The largest absolute Gasteiger partial charge is 0.365 e. The normalized spacial score (nSPS) is 17.3. The highest BCUT2D eigenvalue weighted by Gasteiger charge is 2.25. The lowest BCUT2D eigenvalue weighted by Crippen LogP contribution is -1.83. The van der Waals surface area contributed by atoms with Crippen LogP contribution in [0.15, 0.2) is 6.20 Å². The SMILES string of the molecule is CNc1ncc(C2CC2)s1. The molecule has 1 saturated carbocycles. The molecule has 0 aliphatic heterocycles. The van der Waals surface area contributed by atoms with Crippen LogP contribution < -0.4 is 5.32 Å². The Kier molecular flexibility index (Phi) is 1.38. The zero-order chi connectivity index (χ0) is 6.97. The van der Waals surface area contributed by atoms with Crippen molar-refractivity contribution in [1.29, 1.82) is 0 Å². The van der Waals surface area contributed by atoms with Crippen LogP contribution in [-0.4, -0.2) is 12.0 Å². The van der Waals surface area contributed by atoms with Gasteiger partial charge < -0.3 is 5.32 Å². The molecule has 2 nitrogen and oxygen atoms in total. The Morgan fingerprint density at radius 2 is 2.50 bits per heavy atom. The number of anilines is 1. The third-order valence-electron chi connectivity index (χ3n) is 1.72. The average molecular weight is 154 g/mol. The third kappa shape index (κ3) is 1.01. The van der Waals surface area contributed by atoms with E-state index in [1.807, 2.05) is 13.2 Å². The number of hydrogen-bond acceptors (Lipinski definition) is 3. The molecule has 54 valence electrons. The number of hydrogen-bond donors (Lipinski definition) is 1. The maximum atomic E-state index is 4.20. The number of thiazole rings is 1. The van der Waals surface area contributed by atoms with Gasteiger partial charge in [0.05, 0.1) is 0 Å². The molecule has 1 aromatic rings. The van der Waals surface area contributed by atoms with E-state index >= 15 is 0 Å². The molecule has 0 unspecified atom stereocenters. The van der Waals surface area contributed by atoms with Gasteiger partial charge in [0.2, 0.25) is 0 Å². The molecule has 1 aromatic heterocycles. The fraction of sp³-hybridized carbons (Fsp3) is 0.571. The maximum Gasteiger partial charge on any atom is 0.182 e. The van der Waals surface area contributed by atoms with E-state index in [2.05, 4.69) is 10.3 Å². The maximum absolute atomic E-state index is 4.20. The van der Waals surface area contributed by atoms with E-state index < -0.39 is 0 Å². The minimum Gasteiger partial charge on any atom is -0.365 e. The lowest BCUT2D eigenvalue weighted by molar-refractivity contribution is 1.16. The van der Waals surface area contributed by atoms with Crippen LogP contribution >= 0.6 is 11.3 Å². The van der Waals surface area contributed by atoms with Crippen molar-refractivity contribution in [3.05, 3.63) is 11.1 Å². The Morgan fingerprint density at radius 1 is 1.70 bits per heavy atom. The molecule has 0 saturated heterocycles. The van der Waals surface area contributed by atoms with E-state index in [4.69, 9.17) is 0 Å². The molecule has 3 heteroatoms. The minimum atomic E-state index is 0.847. The molecule has 0 spiro atoms. The Labute approximate surface area is 64.3 Å². The average Bonchev–Trinajstić information content (AvgIpc) is 2.70. The Hall–Kier alpha value is -0.570. The van der Waals surface area contributed by atoms with Crippen molar-refractivity contribution in [1.82, 2.24) is 4.98 Å². The first kappa shape index (κ1) is 6.16. The summed E-state index contributed by atoms with van der Waals surface area (Å²) in [6.07, 6.45) is 4.73. The summed E-state index contributed by atoms with van der Waals surface area (Å²) in [5, 5.41) is 4.08. The summed E-state index contributed by atoms with van der Waals surface area (Å²) in [7, 11) is 1.91. The van der Waals surface area contributed by atoms with E-state index in [1.165, 1.54) is 17.7 Å². The molecule has 0 radical (unpaired) electrons. The standard InChI is InChI=1S/C7H10N2S/c1-8-7-9-4-6(10-7)5-2-3-5/h4-5H,2-3H2,1H3,(H,8,9). The molecule has 10 heavy (non-hydrogen) atoms. The summed E-state index contributed by atoms with van der Waals surface area (Å²) in [4.78, 5) is 5.65. The Bertz CT molecular complexity index is 227. The zero-order valence-corrected chi connectivity index (χ0v) is 6.74. The third-order valence-corrected chi connectivity index (χ3v) is 2.89. The van der Waals surface area contributed by atoms with Gasteiger partial charge in [-0.2, -0.15) is 0 Å². The monoisotopic (exact) mass is 154 g/mol. The van der Waals surface area contributed by atoms with Gasteiger partial charge in [0, 0.05) is 18.1 Å². The van der Waals surface area contributed by atoms with Crippen molar-refractivity contribution in [3.63, 3.8) is 0 Å². The van der Waals surface area contributed by atoms with Crippen molar-refractivity contribution in [3.8, 4) is 0 Å².